The fourth-order valence-electron chi connectivity index (χ4n) is 3.03. The van der Waals surface area contributed by atoms with Gasteiger partial charge >= 0.3 is 0 Å². The molecule has 0 spiro atoms. The Bertz CT molecular complexity index is 985. The molecule has 0 radical (unpaired) electrons. The third kappa shape index (κ3) is 7.09. The molecule has 170 valence electrons. The number of aromatic nitrogens is 2. The predicted molar refractivity (Wildman–Crippen MR) is 126 cm³/mol. The Labute approximate surface area is 189 Å². The highest BCUT2D eigenvalue weighted by Crippen LogP contribution is 2.19. The van der Waals surface area contributed by atoms with Gasteiger partial charge in [0.05, 0.1) is 6.61 Å². The summed E-state index contributed by atoms with van der Waals surface area (Å²) in [5.41, 5.74) is 3.05. The number of aryl methyl sites for hydroxylation is 1. The van der Waals surface area contributed by atoms with E-state index in [0.717, 1.165) is 48.6 Å². The largest absolute Gasteiger partial charge is 0.493 e. The Morgan fingerprint density at radius 1 is 1.12 bits per heavy atom. The molecular weight excluding hydrogens is 406 g/mol. The Morgan fingerprint density at radius 3 is 2.69 bits per heavy atom. The van der Waals surface area contributed by atoms with Crippen LogP contribution in [0.15, 0.2) is 58.0 Å². The number of hydrogen-bond acceptors (Lipinski definition) is 6. The summed E-state index contributed by atoms with van der Waals surface area (Å²) in [6.07, 6.45) is 2.47. The van der Waals surface area contributed by atoms with Crippen LogP contribution in [0.5, 0.6) is 5.75 Å². The Hall–Kier alpha value is -3.39. The van der Waals surface area contributed by atoms with Gasteiger partial charge in [-0.15, -0.1) is 0 Å². The third-order valence-electron chi connectivity index (χ3n) is 4.77. The van der Waals surface area contributed by atoms with Crippen molar-refractivity contribution in [3.05, 3.63) is 59.9 Å². The van der Waals surface area contributed by atoms with Crippen LogP contribution in [-0.4, -0.2) is 50.0 Å². The first-order chi connectivity index (χ1) is 15.7. The van der Waals surface area contributed by atoms with Crippen molar-refractivity contribution in [1.29, 1.82) is 0 Å². The fourth-order valence-corrected chi connectivity index (χ4v) is 3.03. The minimum absolute atomic E-state index is 0.557. The monoisotopic (exact) mass is 437 g/mol. The topological polar surface area (TPSA) is 93.8 Å². The quantitative estimate of drug-likeness (QED) is 0.267. The molecule has 32 heavy (non-hydrogen) atoms. The van der Waals surface area contributed by atoms with Crippen LogP contribution < -0.4 is 15.4 Å². The normalized spacial score (nSPS) is 11.4. The average molecular weight is 438 g/mol. The van der Waals surface area contributed by atoms with Gasteiger partial charge in [-0.3, -0.25) is 4.99 Å². The molecule has 0 fully saturated rings. The number of benzene rings is 2. The van der Waals surface area contributed by atoms with Crippen LogP contribution >= 0.6 is 0 Å². The highest BCUT2D eigenvalue weighted by atomic mass is 16.5. The first kappa shape index (κ1) is 23.3. The van der Waals surface area contributed by atoms with Crippen molar-refractivity contribution in [1.82, 2.24) is 15.5 Å². The molecule has 0 aliphatic heterocycles. The SMILES string of the molecule is CCc1noc(-c2ccc(CCNC(=NC)Nc3cccc(OCCCOC)c3)cc2)n1. The molecule has 3 aromatic rings. The number of anilines is 1. The molecule has 8 nitrogen and oxygen atoms in total. The minimum Gasteiger partial charge on any atom is -0.493 e. The van der Waals surface area contributed by atoms with Gasteiger partial charge in [-0.2, -0.15) is 4.98 Å². The van der Waals surface area contributed by atoms with E-state index >= 15 is 0 Å². The Kier molecular flexibility index (Phi) is 9.06. The van der Waals surface area contributed by atoms with Crippen molar-refractivity contribution in [2.24, 2.45) is 4.99 Å². The molecule has 0 saturated carbocycles. The summed E-state index contributed by atoms with van der Waals surface area (Å²) in [5, 5.41) is 10.6. The van der Waals surface area contributed by atoms with Crippen LogP contribution in [0.3, 0.4) is 0 Å². The number of ether oxygens (including phenoxy) is 2. The molecule has 3 rings (SSSR count). The van der Waals surface area contributed by atoms with E-state index in [1.54, 1.807) is 14.2 Å². The van der Waals surface area contributed by atoms with Crippen LogP contribution in [0.4, 0.5) is 5.69 Å². The molecule has 0 unspecified atom stereocenters. The van der Waals surface area contributed by atoms with Crippen molar-refractivity contribution >= 4 is 11.6 Å². The van der Waals surface area contributed by atoms with E-state index in [1.165, 1.54) is 5.56 Å². The average Bonchev–Trinajstić information content (AvgIpc) is 3.31. The number of rotatable bonds is 11. The fraction of sp³-hybridized carbons (Fsp3) is 0.375. The number of nitrogens with zero attached hydrogens (tertiary/aromatic N) is 3. The van der Waals surface area contributed by atoms with Gasteiger partial charge in [-0.1, -0.05) is 30.3 Å². The van der Waals surface area contributed by atoms with Gasteiger partial charge in [-0.05, 0) is 36.2 Å². The molecule has 0 bridgehead atoms. The van der Waals surface area contributed by atoms with E-state index in [2.05, 4.69) is 37.9 Å². The highest BCUT2D eigenvalue weighted by molar-refractivity contribution is 5.93. The lowest BCUT2D eigenvalue weighted by molar-refractivity contribution is 0.172. The summed E-state index contributed by atoms with van der Waals surface area (Å²) >= 11 is 0. The number of guanidine groups is 1. The molecular formula is C24H31N5O3. The van der Waals surface area contributed by atoms with Crippen molar-refractivity contribution in [2.45, 2.75) is 26.2 Å². The van der Waals surface area contributed by atoms with E-state index < -0.39 is 0 Å². The maximum absolute atomic E-state index is 5.76. The maximum Gasteiger partial charge on any atom is 0.257 e. The van der Waals surface area contributed by atoms with Gasteiger partial charge in [0, 0.05) is 57.5 Å². The molecule has 0 aliphatic carbocycles. The molecule has 0 aliphatic rings. The Balaban J connectivity index is 1.46. The number of aliphatic imine (C=N–C) groups is 1. The van der Waals surface area contributed by atoms with Gasteiger partial charge in [0.1, 0.15) is 5.75 Å². The number of hydrogen-bond donors (Lipinski definition) is 2. The maximum atomic E-state index is 5.76. The minimum atomic E-state index is 0.557. The summed E-state index contributed by atoms with van der Waals surface area (Å²) in [7, 11) is 3.44. The highest BCUT2D eigenvalue weighted by Gasteiger charge is 2.07. The van der Waals surface area contributed by atoms with Crippen molar-refractivity contribution < 1.29 is 14.0 Å². The van der Waals surface area contributed by atoms with Crippen molar-refractivity contribution in [3.63, 3.8) is 0 Å². The zero-order valence-electron chi connectivity index (χ0n) is 18.9. The van der Waals surface area contributed by atoms with Crippen LogP contribution in [-0.2, 0) is 17.6 Å². The molecule has 0 amide bonds. The molecule has 0 saturated heterocycles. The van der Waals surface area contributed by atoms with Crippen molar-refractivity contribution in [2.75, 3.05) is 39.2 Å². The van der Waals surface area contributed by atoms with E-state index in [1.807, 2.05) is 43.3 Å². The lowest BCUT2D eigenvalue weighted by Crippen LogP contribution is -2.32. The van der Waals surface area contributed by atoms with Crippen LogP contribution in [0, 0.1) is 0 Å². The van der Waals surface area contributed by atoms with E-state index in [-0.39, 0.29) is 0 Å². The standard InChI is InChI=1S/C24H31N5O3/c1-4-22-28-23(32-29-22)19-11-9-18(10-12-19)13-14-26-24(25-2)27-20-7-5-8-21(17-20)31-16-6-15-30-3/h5,7-12,17H,4,6,13-16H2,1-3H3,(H2,25,26,27). The van der Waals surface area contributed by atoms with Crippen LogP contribution in [0.25, 0.3) is 11.5 Å². The van der Waals surface area contributed by atoms with Crippen LogP contribution in [0.1, 0.15) is 24.7 Å². The third-order valence-corrected chi connectivity index (χ3v) is 4.77. The summed E-state index contributed by atoms with van der Waals surface area (Å²) < 4.78 is 16.1. The first-order valence-corrected chi connectivity index (χ1v) is 10.8. The zero-order chi connectivity index (χ0) is 22.6. The second kappa shape index (κ2) is 12.5. The van der Waals surface area contributed by atoms with Gasteiger partial charge in [0.25, 0.3) is 5.89 Å². The summed E-state index contributed by atoms with van der Waals surface area (Å²) in [6, 6.07) is 16.0. The number of methoxy groups -OCH3 is 1. The van der Waals surface area contributed by atoms with Gasteiger partial charge in [0.2, 0.25) is 0 Å². The lowest BCUT2D eigenvalue weighted by Gasteiger charge is -2.13. The zero-order valence-corrected chi connectivity index (χ0v) is 18.9. The molecule has 1 heterocycles. The molecule has 1 aromatic heterocycles. The van der Waals surface area contributed by atoms with E-state index in [0.29, 0.717) is 25.1 Å². The molecule has 8 heteroatoms. The Morgan fingerprint density at radius 2 is 1.97 bits per heavy atom. The van der Waals surface area contributed by atoms with E-state index in [4.69, 9.17) is 14.0 Å². The first-order valence-electron chi connectivity index (χ1n) is 10.8. The second-order valence-electron chi connectivity index (χ2n) is 7.16. The van der Waals surface area contributed by atoms with Gasteiger partial charge in [0.15, 0.2) is 11.8 Å². The molecule has 2 aromatic carbocycles. The predicted octanol–water partition coefficient (Wildman–Crippen LogP) is 3.94. The molecule has 0 atom stereocenters. The second-order valence-corrected chi connectivity index (χ2v) is 7.16. The van der Waals surface area contributed by atoms with Gasteiger partial charge in [-0.25, -0.2) is 0 Å². The lowest BCUT2D eigenvalue weighted by atomic mass is 10.1. The summed E-state index contributed by atoms with van der Waals surface area (Å²) in [6.45, 7) is 4.05. The number of nitrogens with one attached hydrogen (secondary N) is 2. The van der Waals surface area contributed by atoms with Gasteiger partial charge < -0.3 is 24.6 Å². The molecule has 2 N–H and O–H groups in total. The smallest absolute Gasteiger partial charge is 0.257 e. The van der Waals surface area contributed by atoms with E-state index in [9.17, 15) is 0 Å². The summed E-state index contributed by atoms with van der Waals surface area (Å²) in [5.74, 6) is 2.79. The van der Waals surface area contributed by atoms with Crippen molar-refractivity contribution in [3.8, 4) is 17.2 Å². The summed E-state index contributed by atoms with van der Waals surface area (Å²) in [4.78, 5) is 8.67. The van der Waals surface area contributed by atoms with Crippen LogP contribution in [0.2, 0.25) is 0 Å².